The molecular formula is C25H26FNO4. The number of nitrogens with zero attached hydrogens (tertiary/aromatic N) is 1. The molecule has 2 aromatic rings. The molecule has 0 aromatic heterocycles. The fourth-order valence-electron chi connectivity index (χ4n) is 4.71. The fourth-order valence-corrected chi connectivity index (χ4v) is 4.71. The molecule has 1 unspecified atom stereocenters. The molecule has 1 atom stereocenters. The minimum Gasteiger partial charge on any atom is -0.507 e. The van der Waals surface area contributed by atoms with Crippen molar-refractivity contribution in [2.45, 2.75) is 51.1 Å². The van der Waals surface area contributed by atoms with Crippen LogP contribution in [0.4, 0.5) is 4.39 Å². The van der Waals surface area contributed by atoms with E-state index in [0.717, 1.165) is 37.7 Å². The molecule has 31 heavy (non-hydrogen) atoms. The van der Waals surface area contributed by atoms with Crippen LogP contribution in [0.2, 0.25) is 0 Å². The van der Waals surface area contributed by atoms with Gasteiger partial charge in [-0.05, 0) is 49.6 Å². The third kappa shape index (κ3) is 3.82. The number of Topliss-reactive ketones (excluding diaryl/α,β-unsaturated/α-hetero) is 1. The number of halogens is 1. The predicted molar refractivity (Wildman–Crippen MR) is 115 cm³/mol. The quantitative estimate of drug-likeness (QED) is 0.432. The van der Waals surface area contributed by atoms with Gasteiger partial charge in [0.25, 0.3) is 11.7 Å². The molecule has 1 N–H and O–H groups in total. The maximum absolute atomic E-state index is 13.6. The summed E-state index contributed by atoms with van der Waals surface area (Å²) in [4.78, 5) is 27.9. The number of amides is 1. The van der Waals surface area contributed by atoms with Crippen LogP contribution in [0.3, 0.4) is 0 Å². The van der Waals surface area contributed by atoms with Gasteiger partial charge in [0.15, 0.2) is 0 Å². The van der Waals surface area contributed by atoms with Gasteiger partial charge in [-0.2, -0.15) is 0 Å². The highest BCUT2D eigenvalue weighted by Crippen LogP contribution is 2.44. The lowest BCUT2D eigenvalue weighted by Crippen LogP contribution is -2.40. The van der Waals surface area contributed by atoms with E-state index in [9.17, 15) is 19.1 Å². The normalized spacial score (nSPS) is 21.5. The number of carbonyl (C=O) groups is 2. The number of carbonyl (C=O) groups excluding carboxylic acids is 2. The van der Waals surface area contributed by atoms with Crippen molar-refractivity contribution in [2.75, 3.05) is 7.11 Å². The third-order valence-electron chi connectivity index (χ3n) is 6.24. The van der Waals surface area contributed by atoms with E-state index in [2.05, 4.69) is 0 Å². The van der Waals surface area contributed by atoms with E-state index in [1.807, 2.05) is 13.0 Å². The van der Waals surface area contributed by atoms with E-state index < -0.39 is 23.5 Å². The molecule has 2 aliphatic rings. The summed E-state index contributed by atoms with van der Waals surface area (Å²) in [5.41, 5.74) is 1.85. The van der Waals surface area contributed by atoms with Crippen molar-refractivity contribution in [1.29, 1.82) is 0 Å². The molecule has 1 amide bonds. The molecule has 1 saturated carbocycles. The number of aliphatic hydroxyl groups is 1. The van der Waals surface area contributed by atoms with Crippen molar-refractivity contribution in [1.82, 2.24) is 4.90 Å². The van der Waals surface area contributed by atoms with E-state index >= 15 is 0 Å². The van der Waals surface area contributed by atoms with Crippen LogP contribution in [0.5, 0.6) is 5.75 Å². The van der Waals surface area contributed by atoms with Crippen LogP contribution in [-0.2, 0) is 9.59 Å². The largest absolute Gasteiger partial charge is 0.507 e. The molecule has 0 radical (unpaired) electrons. The van der Waals surface area contributed by atoms with Gasteiger partial charge < -0.3 is 14.7 Å². The van der Waals surface area contributed by atoms with Crippen LogP contribution in [0, 0.1) is 12.7 Å². The van der Waals surface area contributed by atoms with E-state index in [1.165, 1.54) is 19.2 Å². The Bertz CT molecular complexity index is 1040. The number of methoxy groups -OCH3 is 1. The molecule has 5 nitrogen and oxygen atoms in total. The Morgan fingerprint density at radius 2 is 1.74 bits per heavy atom. The molecule has 162 valence electrons. The molecule has 2 aromatic carbocycles. The number of hydrogen-bond donors (Lipinski definition) is 1. The first-order chi connectivity index (χ1) is 14.9. The molecule has 1 aliphatic carbocycles. The second-order valence-corrected chi connectivity index (χ2v) is 8.25. The zero-order chi connectivity index (χ0) is 22.1. The van der Waals surface area contributed by atoms with Gasteiger partial charge in [-0.3, -0.25) is 9.59 Å². The highest BCUT2D eigenvalue weighted by Gasteiger charge is 2.49. The molecular weight excluding hydrogens is 397 g/mol. The Labute approximate surface area is 181 Å². The maximum atomic E-state index is 13.6. The molecule has 1 heterocycles. The lowest BCUT2D eigenvalue weighted by atomic mass is 9.90. The Hall–Kier alpha value is -3.15. The van der Waals surface area contributed by atoms with Crippen molar-refractivity contribution in [2.24, 2.45) is 0 Å². The summed E-state index contributed by atoms with van der Waals surface area (Å²) in [5.74, 6) is -1.61. The van der Waals surface area contributed by atoms with Gasteiger partial charge in [-0.25, -0.2) is 4.39 Å². The van der Waals surface area contributed by atoms with Crippen LogP contribution < -0.4 is 4.74 Å². The maximum Gasteiger partial charge on any atom is 0.295 e. The van der Waals surface area contributed by atoms with Crippen LogP contribution in [-0.4, -0.2) is 34.8 Å². The highest BCUT2D eigenvalue weighted by molar-refractivity contribution is 6.46. The summed E-state index contributed by atoms with van der Waals surface area (Å²) in [7, 11) is 1.49. The number of hydrogen-bond acceptors (Lipinski definition) is 4. The Balaban J connectivity index is 1.91. The standard InChI is InChI=1S/C25H26FNO4/c1-15-8-13-20(31-2)19(14-15)23(28)21-22(16-9-11-17(26)12-10-16)27(25(30)24(21)29)18-6-4-3-5-7-18/h8-14,18,22,28H,3-7H2,1-2H3/b23-21+. The van der Waals surface area contributed by atoms with E-state index in [0.29, 0.717) is 16.9 Å². The minimum atomic E-state index is -0.770. The summed E-state index contributed by atoms with van der Waals surface area (Å²) in [6, 6.07) is 10.2. The van der Waals surface area contributed by atoms with Crippen molar-refractivity contribution in [3.63, 3.8) is 0 Å². The Morgan fingerprint density at radius 1 is 1.06 bits per heavy atom. The lowest BCUT2D eigenvalue weighted by Gasteiger charge is -2.35. The second-order valence-electron chi connectivity index (χ2n) is 8.25. The van der Waals surface area contributed by atoms with Crippen LogP contribution in [0.25, 0.3) is 5.76 Å². The summed E-state index contributed by atoms with van der Waals surface area (Å²) in [6.45, 7) is 1.87. The zero-order valence-corrected chi connectivity index (χ0v) is 17.7. The van der Waals surface area contributed by atoms with Gasteiger partial charge in [-0.15, -0.1) is 0 Å². The fraction of sp³-hybridized carbons (Fsp3) is 0.360. The number of ether oxygens (including phenoxy) is 1. The van der Waals surface area contributed by atoms with E-state index in [-0.39, 0.29) is 17.4 Å². The second kappa shape index (κ2) is 8.53. The van der Waals surface area contributed by atoms with Gasteiger partial charge in [-0.1, -0.05) is 43.0 Å². The molecule has 6 heteroatoms. The van der Waals surface area contributed by atoms with Crippen molar-refractivity contribution in [3.8, 4) is 5.75 Å². The topological polar surface area (TPSA) is 66.8 Å². The summed E-state index contributed by atoms with van der Waals surface area (Å²) in [6.07, 6.45) is 4.67. The Kier molecular flexibility index (Phi) is 5.81. The number of ketones is 1. The number of aliphatic hydroxyl groups excluding tert-OH is 1. The van der Waals surface area contributed by atoms with Gasteiger partial charge in [0.1, 0.15) is 17.3 Å². The SMILES string of the molecule is COc1ccc(C)cc1/C(O)=C1\C(=O)C(=O)N(C2CCCCC2)C1c1ccc(F)cc1. The van der Waals surface area contributed by atoms with Crippen LogP contribution in [0.1, 0.15) is 54.8 Å². The number of likely N-dealkylation sites (tertiary alicyclic amines) is 1. The predicted octanol–water partition coefficient (Wildman–Crippen LogP) is 4.90. The first-order valence-corrected chi connectivity index (χ1v) is 10.6. The first-order valence-electron chi connectivity index (χ1n) is 10.6. The summed E-state index contributed by atoms with van der Waals surface area (Å²) < 4.78 is 19.0. The molecule has 2 fully saturated rings. The van der Waals surface area contributed by atoms with Crippen molar-refractivity contribution >= 4 is 17.4 Å². The number of aryl methyl sites for hydroxylation is 1. The molecule has 4 rings (SSSR count). The van der Waals surface area contributed by atoms with E-state index in [4.69, 9.17) is 4.74 Å². The van der Waals surface area contributed by atoms with Crippen molar-refractivity contribution < 1.29 is 23.8 Å². The number of rotatable bonds is 4. The zero-order valence-electron chi connectivity index (χ0n) is 17.7. The first kappa shape index (κ1) is 21.1. The van der Waals surface area contributed by atoms with Gasteiger partial charge in [0.05, 0.1) is 24.3 Å². The third-order valence-corrected chi connectivity index (χ3v) is 6.24. The average Bonchev–Trinajstić information content (AvgIpc) is 3.05. The van der Waals surface area contributed by atoms with Gasteiger partial charge in [0, 0.05) is 6.04 Å². The molecule has 0 bridgehead atoms. The average molecular weight is 423 g/mol. The lowest BCUT2D eigenvalue weighted by molar-refractivity contribution is -0.141. The highest BCUT2D eigenvalue weighted by atomic mass is 19.1. The summed E-state index contributed by atoms with van der Waals surface area (Å²) >= 11 is 0. The molecule has 1 saturated heterocycles. The monoisotopic (exact) mass is 423 g/mol. The number of benzene rings is 2. The van der Waals surface area contributed by atoms with Gasteiger partial charge >= 0.3 is 0 Å². The van der Waals surface area contributed by atoms with Crippen molar-refractivity contribution in [3.05, 3.63) is 70.5 Å². The molecule has 1 aliphatic heterocycles. The van der Waals surface area contributed by atoms with Gasteiger partial charge in [0.2, 0.25) is 0 Å². The Morgan fingerprint density at radius 3 is 2.39 bits per heavy atom. The van der Waals surface area contributed by atoms with Crippen LogP contribution in [0.15, 0.2) is 48.0 Å². The van der Waals surface area contributed by atoms with Crippen LogP contribution >= 0.6 is 0 Å². The smallest absolute Gasteiger partial charge is 0.295 e. The van der Waals surface area contributed by atoms with E-state index in [1.54, 1.807) is 29.2 Å². The summed E-state index contributed by atoms with van der Waals surface area (Å²) in [5, 5.41) is 11.3. The minimum absolute atomic E-state index is 0.0195. The molecule has 0 spiro atoms.